The van der Waals surface area contributed by atoms with E-state index in [1.807, 2.05) is 49.4 Å². The van der Waals surface area contributed by atoms with Crippen molar-refractivity contribution in [2.75, 3.05) is 26.5 Å². The van der Waals surface area contributed by atoms with Crippen molar-refractivity contribution in [2.24, 2.45) is 0 Å². The molecular formula is C23H24N6O3S. The summed E-state index contributed by atoms with van der Waals surface area (Å²) >= 11 is 1.31. The zero-order chi connectivity index (χ0) is 23.2. The van der Waals surface area contributed by atoms with E-state index in [-0.39, 0.29) is 11.7 Å². The average molecular weight is 465 g/mol. The van der Waals surface area contributed by atoms with E-state index in [1.54, 1.807) is 18.9 Å². The number of ether oxygens (including phenoxy) is 2. The molecule has 2 aromatic heterocycles. The lowest BCUT2D eigenvalue weighted by molar-refractivity contribution is -0.118. The Morgan fingerprint density at radius 3 is 2.61 bits per heavy atom. The van der Waals surface area contributed by atoms with Gasteiger partial charge in [-0.3, -0.25) is 4.79 Å². The van der Waals surface area contributed by atoms with Crippen LogP contribution in [0.4, 0.5) is 0 Å². The van der Waals surface area contributed by atoms with Crippen molar-refractivity contribution in [3.8, 4) is 17.2 Å². The summed E-state index contributed by atoms with van der Waals surface area (Å²) in [4.78, 5) is 21.0. The monoisotopic (exact) mass is 464 g/mol. The molecule has 0 atom stereocenters. The van der Waals surface area contributed by atoms with Crippen LogP contribution in [0.5, 0.6) is 11.5 Å². The van der Waals surface area contributed by atoms with Gasteiger partial charge in [0.15, 0.2) is 22.7 Å². The van der Waals surface area contributed by atoms with Gasteiger partial charge in [0, 0.05) is 6.54 Å². The number of hydrogen-bond acceptors (Lipinski definition) is 8. The summed E-state index contributed by atoms with van der Waals surface area (Å²) in [5.74, 6) is 1.48. The fourth-order valence-corrected chi connectivity index (χ4v) is 4.02. The molecule has 0 saturated carbocycles. The first-order valence-corrected chi connectivity index (χ1v) is 11.3. The van der Waals surface area contributed by atoms with Crippen molar-refractivity contribution in [3.05, 3.63) is 59.9 Å². The van der Waals surface area contributed by atoms with E-state index in [4.69, 9.17) is 9.47 Å². The summed E-state index contributed by atoms with van der Waals surface area (Å²) < 4.78 is 12.2. The van der Waals surface area contributed by atoms with Gasteiger partial charge in [-0.15, -0.1) is 5.10 Å². The number of benzene rings is 2. The number of methoxy groups -OCH3 is 2. The first-order valence-electron chi connectivity index (χ1n) is 10.3. The number of nitrogens with one attached hydrogen (secondary N) is 1. The molecule has 33 heavy (non-hydrogen) atoms. The number of carbonyl (C=O) groups excluding carboxylic acids is 1. The number of fused-ring (bicyclic) bond motifs is 1. The van der Waals surface area contributed by atoms with Crippen LogP contribution in [0.15, 0.2) is 53.8 Å². The summed E-state index contributed by atoms with van der Waals surface area (Å²) in [5.41, 5.74) is 4.24. The maximum Gasteiger partial charge on any atom is 0.230 e. The molecule has 4 aromatic rings. The molecule has 0 fully saturated rings. The Morgan fingerprint density at radius 1 is 1.06 bits per heavy atom. The quantitative estimate of drug-likeness (QED) is 0.298. The fourth-order valence-electron chi connectivity index (χ4n) is 3.26. The Labute approximate surface area is 195 Å². The van der Waals surface area contributed by atoms with Crippen LogP contribution in [0, 0.1) is 6.92 Å². The third-order valence-electron chi connectivity index (χ3n) is 5.01. The van der Waals surface area contributed by atoms with Crippen molar-refractivity contribution in [2.45, 2.75) is 18.4 Å². The molecular weight excluding hydrogens is 440 g/mol. The minimum atomic E-state index is -0.0850. The molecule has 2 aromatic carbocycles. The molecule has 0 bridgehead atoms. The fraction of sp³-hybridized carbons (Fsp3) is 0.261. The topological polar surface area (TPSA) is 104 Å². The largest absolute Gasteiger partial charge is 0.493 e. The zero-order valence-electron chi connectivity index (χ0n) is 18.6. The van der Waals surface area contributed by atoms with E-state index >= 15 is 0 Å². The molecule has 170 valence electrons. The normalized spacial score (nSPS) is 10.9. The third-order valence-corrected chi connectivity index (χ3v) is 5.99. The number of aryl methyl sites for hydroxylation is 1. The highest BCUT2D eigenvalue weighted by Crippen LogP contribution is 2.27. The van der Waals surface area contributed by atoms with Crippen molar-refractivity contribution in [1.29, 1.82) is 0 Å². The predicted octanol–water partition coefficient (Wildman–Crippen LogP) is 2.99. The average Bonchev–Trinajstić information content (AvgIpc) is 3.28. The highest BCUT2D eigenvalue weighted by molar-refractivity contribution is 8.00. The molecule has 0 aliphatic heterocycles. The molecule has 10 heteroatoms. The molecule has 9 nitrogen and oxygen atoms in total. The maximum absolute atomic E-state index is 12.4. The summed E-state index contributed by atoms with van der Waals surface area (Å²) in [6.07, 6.45) is 2.15. The van der Waals surface area contributed by atoms with Crippen molar-refractivity contribution < 1.29 is 14.3 Å². The molecule has 0 saturated heterocycles. The van der Waals surface area contributed by atoms with Gasteiger partial charge in [-0.05, 0) is 43.2 Å². The summed E-state index contributed by atoms with van der Waals surface area (Å²) in [6.45, 7) is 2.54. The van der Waals surface area contributed by atoms with E-state index in [0.717, 1.165) is 16.8 Å². The van der Waals surface area contributed by atoms with Crippen LogP contribution < -0.4 is 14.8 Å². The number of nitrogens with zero attached hydrogens (tertiary/aromatic N) is 5. The number of carbonyl (C=O) groups is 1. The van der Waals surface area contributed by atoms with E-state index in [0.29, 0.717) is 40.7 Å². The van der Waals surface area contributed by atoms with Crippen molar-refractivity contribution in [1.82, 2.24) is 30.3 Å². The van der Waals surface area contributed by atoms with E-state index in [1.165, 1.54) is 18.1 Å². The molecule has 0 radical (unpaired) electrons. The third kappa shape index (κ3) is 5.23. The molecule has 2 heterocycles. The van der Waals surface area contributed by atoms with Crippen LogP contribution in [0.1, 0.15) is 11.1 Å². The summed E-state index contributed by atoms with van der Waals surface area (Å²) in [7, 11) is 3.20. The van der Waals surface area contributed by atoms with Crippen LogP contribution in [0.3, 0.4) is 0 Å². The van der Waals surface area contributed by atoms with Gasteiger partial charge in [0.25, 0.3) is 0 Å². The van der Waals surface area contributed by atoms with Gasteiger partial charge in [0.2, 0.25) is 5.91 Å². The molecule has 0 unspecified atom stereocenters. The number of hydrogen-bond donors (Lipinski definition) is 1. The minimum Gasteiger partial charge on any atom is -0.493 e. The van der Waals surface area contributed by atoms with Gasteiger partial charge >= 0.3 is 0 Å². The second kappa shape index (κ2) is 10.3. The lowest BCUT2D eigenvalue weighted by Gasteiger charge is -2.10. The van der Waals surface area contributed by atoms with Gasteiger partial charge in [0.1, 0.15) is 11.4 Å². The van der Waals surface area contributed by atoms with Gasteiger partial charge < -0.3 is 14.8 Å². The Kier molecular flexibility index (Phi) is 7.04. The lowest BCUT2D eigenvalue weighted by Crippen LogP contribution is -2.27. The SMILES string of the molecule is COc1ccc(CCNC(=O)CSc2ncnc3c2nnn3-c2ccc(C)cc2)cc1OC. The zero-order valence-corrected chi connectivity index (χ0v) is 19.4. The van der Waals surface area contributed by atoms with E-state index in [2.05, 4.69) is 25.6 Å². The Balaban J connectivity index is 1.35. The van der Waals surface area contributed by atoms with Crippen LogP contribution >= 0.6 is 11.8 Å². The smallest absolute Gasteiger partial charge is 0.230 e. The number of amides is 1. The van der Waals surface area contributed by atoms with Gasteiger partial charge in [-0.25, -0.2) is 9.97 Å². The maximum atomic E-state index is 12.4. The molecule has 4 rings (SSSR count). The Bertz CT molecular complexity index is 1260. The highest BCUT2D eigenvalue weighted by atomic mass is 32.2. The van der Waals surface area contributed by atoms with Gasteiger partial charge in [0.05, 0.1) is 25.7 Å². The Hall–Kier alpha value is -3.66. The van der Waals surface area contributed by atoms with E-state index < -0.39 is 0 Å². The lowest BCUT2D eigenvalue weighted by atomic mass is 10.1. The molecule has 0 aliphatic carbocycles. The standard InChI is InChI=1S/C23H24N6O3S/c1-15-4-7-17(8-5-15)29-22-21(27-28-29)23(26-14-25-22)33-13-20(30)24-11-10-16-6-9-18(31-2)19(12-16)32-3/h4-9,12,14H,10-11,13H2,1-3H3,(H,24,30). The number of rotatable bonds is 9. The van der Waals surface area contributed by atoms with Crippen LogP contribution in [0.2, 0.25) is 0 Å². The molecule has 1 amide bonds. The highest BCUT2D eigenvalue weighted by Gasteiger charge is 2.14. The summed E-state index contributed by atoms with van der Waals surface area (Å²) in [6, 6.07) is 13.7. The van der Waals surface area contributed by atoms with Crippen LogP contribution in [-0.4, -0.2) is 57.4 Å². The molecule has 0 aliphatic rings. The molecule has 0 spiro atoms. The first-order chi connectivity index (χ1) is 16.1. The van der Waals surface area contributed by atoms with Crippen molar-refractivity contribution in [3.63, 3.8) is 0 Å². The van der Waals surface area contributed by atoms with Crippen LogP contribution in [0.25, 0.3) is 16.9 Å². The minimum absolute atomic E-state index is 0.0850. The van der Waals surface area contributed by atoms with Gasteiger partial charge in [-0.2, -0.15) is 4.68 Å². The van der Waals surface area contributed by atoms with E-state index in [9.17, 15) is 4.79 Å². The first kappa shape index (κ1) is 22.5. The van der Waals surface area contributed by atoms with Crippen molar-refractivity contribution >= 4 is 28.8 Å². The number of thioether (sulfide) groups is 1. The molecule has 1 N–H and O–H groups in total. The Morgan fingerprint density at radius 2 is 1.85 bits per heavy atom. The van der Waals surface area contributed by atoms with Gasteiger partial charge in [-0.1, -0.05) is 40.7 Å². The van der Waals surface area contributed by atoms with Crippen LogP contribution in [-0.2, 0) is 11.2 Å². The second-order valence-electron chi connectivity index (χ2n) is 7.27. The second-order valence-corrected chi connectivity index (χ2v) is 8.23. The summed E-state index contributed by atoms with van der Waals surface area (Å²) in [5, 5.41) is 12.0. The predicted molar refractivity (Wildman–Crippen MR) is 126 cm³/mol. The number of aromatic nitrogens is 5.